The number of alkyl halides is 6. The third-order valence-electron chi connectivity index (χ3n) is 5.76. The average molecular weight is 631 g/mol. The van der Waals surface area contributed by atoms with Gasteiger partial charge in [-0.15, -0.1) is 0 Å². The molecule has 1 aromatic carbocycles. The maximum Gasteiger partial charge on any atom is 0.491 e. The number of H-pyrrole nitrogens is 1. The molecule has 2 atom stereocenters. The van der Waals surface area contributed by atoms with Crippen molar-refractivity contribution < 1.29 is 55.0 Å². The van der Waals surface area contributed by atoms with Gasteiger partial charge in [0.25, 0.3) is 23.5 Å². The smallest absolute Gasteiger partial charge is 0.443 e. The first-order valence-electron chi connectivity index (χ1n) is 12.4. The average Bonchev–Trinajstić information content (AvgIpc) is 3.47. The Labute approximate surface area is 243 Å². The molecular formula is C26H23F6N5O7. The van der Waals surface area contributed by atoms with Crippen molar-refractivity contribution in [1.82, 2.24) is 19.9 Å². The van der Waals surface area contributed by atoms with Crippen LogP contribution < -0.4 is 16.2 Å². The first-order valence-corrected chi connectivity index (χ1v) is 12.4. The summed E-state index contributed by atoms with van der Waals surface area (Å²) in [5.74, 6) is -8.57. The number of aromatic nitrogens is 3. The number of nitrogens with one attached hydrogen (secondary N) is 3. The highest BCUT2D eigenvalue weighted by atomic mass is 19.4. The van der Waals surface area contributed by atoms with Crippen molar-refractivity contribution in [2.24, 2.45) is 5.92 Å². The van der Waals surface area contributed by atoms with E-state index in [4.69, 9.17) is 4.74 Å². The molecular weight excluding hydrogens is 608 g/mol. The highest BCUT2D eigenvalue weighted by molar-refractivity contribution is 5.94. The maximum absolute atomic E-state index is 13.6. The van der Waals surface area contributed by atoms with E-state index in [2.05, 4.69) is 14.7 Å². The zero-order valence-electron chi connectivity index (χ0n) is 22.7. The fourth-order valence-corrected chi connectivity index (χ4v) is 3.71. The predicted octanol–water partition coefficient (Wildman–Crippen LogP) is 3.86. The Bertz CT molecular complexity index is 1550. The summed E-state index contributed by atoms with van der Waals surface area (Å²) in [6.45, 7) is 1.84. The van der Waals surface area contributed by atoms with Gasteiger partial charge in [0.2, 0.25) is 0 Å². The van der Waals surface area contributed by atoms with Gasteiger partial charge in [0.15, 0.2) is 0 Å². The number of hydrogen-bond donors (Lipinski definition) is 3. The molecule has 2 amide bonds. The van der Waals surface area contributed by atoms with E-state index in [1.54, 1.807) is 5.32 Å². The molecule has 0 fully saturated rings. The molecule has 3 N–H and O–H groups in total. The number of esters is 1. The summed E-state index contributed by atoms with van der Waals surface area (Å²) in [5, 5.41) is 3.68. The summed E-state index contributed by atoms with van der Waals surface area (Å²) >= 11 is 0. The highest BCUT2D eigenvalue weighted by Gasteiger charge is 2.48. The van der Waals surface area contributed by atoms with Gasteiger partial charge in [0.05, 0.1) is 23.8 Å². The summed E-state index contributed by atoms with van der Waals surface area (Å²) in [7, 11) is 0. The summed E-state index contributed by atoms with van der Waals surface area (Å²) in [6, 6.07) is 6.82. The van der Waals surface area contributed by atoms with Crippen LogP contribution in [-0.2, 0) is 30.5 Å². The number of ketones is 1. The number of carbonyl (C=O) groups is 4. The molecule has 0 aliphatic carbocycles. The van der Waals surface area contributed by atoms with Gasteiger partial charge in [0.1, 0.15) is 12.3 Å². The van der Waals surface area contributed by atoms with E-state index in [0.29, 0.717) is 0 Å². The van der Waals surface area contributed by atoms with Crippen LogP contribution in [0.15, 0.2) is 59.8 Å². The van der Waals surface area contributed by atoms with Crippen molar-refractivity contribution in [1.29, 1.82) is 0 Å². The van der Waals surface area contributed by atoms with Crippen LogP contribution in [-0.4, -0.2) is 56.7 Å². The maximum atomic E-state index is 13.6. The number of benzene rings is 1. The summed E-state index contributed by atoms with van der Waals surface area (Å²) < 4.78 is 89.0. The minimum atomic E-state index is -5.72. The van der Waals surface area contributed by atoms with Gasteiger partial charge in [-0.1, -0.05) is 44.2 Å². The fourth-order valence-electron chi connectivity index (χ4n) is 3.71. The van der Waals surface area contributed by atoms with Crippen molar-refractivity contribution in [3.8, 4) is 11.3 Å². The normalized spacial score (nSPS) is 13.1. The van der Waals surface area contributed by atoms with Gasteiger partial charge in [-0.25, -0.2) is 14.6 Å². The minimum absolute atomic E-state index is 0.0740. The SMILES string of the molecule is CC(C)C(NC(=O)C(OC(=O)C(F)(F)F)n1c(-c2ccccc2)ccc(NC(=O)OCc2c[nH]cn2)c1=O)C(=O)C(F)(F)F. The zero-order valence-corrected chi connectivity index (χ0v) is 22.7. The number of hydrogen-bond acceptors (Lipinski definition) is 8. The van der Waals surface area contributed by atoms with Crippen LogP contribution in [0.25, 0.3) is 11.3 Å². The summed E-state index contributed by atoms with van der Waals surface area (Å²) in [6.07, 6.45) is -12.7. The first-order chi connectivity index (χ1) is 20.5. The number of Topliss-reactive ketones (excluding diaryl/α,β-unsaturated/α-hetero) is 1. The number of rotatable bonds is 10. The van der Waals surface area contributed by atoms with Gasteiger partial charge in [0, 0.05) is 6.20 Å². The number of aromatic amines is 1. The highest BCUT2D eigenvalue weighted by Crippen LogP contribution is 2.27. The monoisotopic (exact) mass is 631 g/mol. The van der Waals surface area contributed by atoms with Crippen molar-refractivity contribution in [3.05, 3.63) is 71.0 Å². The number of ether oxygens (including phenoxy) is 2. The third-order valence-corrected chi connectivity index (χ3v) is 5.76. The Morgan fingerprint density at radius 1 is 0.977 bits per heavy atom. The zero-order chi connectivity index (χ0) is 32.8. The molecule has 0 bridgehead atoms. The van der Waals surface area contributed by atoms with Crippen LogP contribution in [0.1, 0.15) is 25.8 Å². The number of pyridine rings is 1. The molecule has 3 aromatic rings. The van der Waals surface area contributed by atoms with E-state index >= 15 is 0 Å². The standard InChI is InChI=1S/C26H23F6N5O7/c1-13(2)18(19(38)25(27,28)29)36-20(39)22(44-23(41)26(30,31)32)37-17(14-6-4-3-5-7-14)9-8-16(21(37)40)35-24(42)43-11-15-10-33-12-34-15/h3-10,12-13,18,22H,11H2,1-2H3,(H,33,34)(H,35,42)(H,36,39). The van der Waals surface area contributed by atoms with Crippen molar-refractivity contribution >= 4 is 29.4 Å². The molecule has 0 radical (unpaired) electrons. The number of carbonyl (C=O) groups excluding carboxylic acids is 4. The summed E-state index contributed by atoms with van der Waals surface area (Å²) in [5.41, 5.74) is -2.12. The first kappa shape index (κ1) is 33.3. The molecule has 2 aromatic heterocycles. The van der Waals surface area contributed by atoms with Gasteiger partial charge in [-0.05, 0) is 23.6 Å². The predicted molar refractivity (Wildman–Crippen MR) is 138 cm³/mol. The van der Waals surface area contributed by atoms with E-state index in [-0.39, 0.29) is 28.1 Å². The number of imidazole rings is 1. The van der Waals surface area contributed by atoms with Crippen LogP contribution in [0.2, 0.25) is 0 Å². The van der Waals surface area contributed by atoms with Gasteiger partial charge in [-0.3, -0.25) is 24.3 Å². The molecule has 2 heterocycles. The molecule has 12 nitrogen and oxygen atoms in total. The molecule has 0 saturated heterocycles. The van der Waals surface area contributed by atoms with Crippen molar-refractivity contribution in [2.45, 2.75) is 45.1 Å². The van der Waals surface area contributed by atoms with Gasteiger partial charge < -0.3 is 19.8 Å². The van der Waals surface area contributed by atoms with Gasteiger partial charge >= 0.3 is 24.4 Å². The van der Waals surface area contributed by atoms with Crippen LogP contribution >= 0.6 is 0 Å². The second-order valence-electron chi connectivity index (χ2n) is 9.28. The lowest BCUT2D eigenvalue weighted by Gasteiger charge is -2.27. The second-order valence-corrected chi connectivity index (χ2v) is 9.28. The fraction of sp³-hybridized carbons (Fsp3) is 0.308. The number of anilines is 1. The van der Waals surface area contributed by atoms with E-state index in [0.717, 1.165) is 26.0 Å². The Balaban J connectivity index is 2.14. The van der Waals surface area contributed by atoms with Crippen molar-refractivity contribution in [2.75, 3.05) is 5.32 Å². The Hall–Kier alpha value is -5.16. The number of amides is 2. The van der Waals surface area contributed by atoms with E-state index in [1.807, 2.05) is 5.32 Å². The largest absolute Gasteiger partial charge is 0.491 e. The van der Waals surface area contributed by atoms with Crippen LogP contribution in [0, 0.1) is 5.92 Å². The summed E-state index contributed by atoms with van der Waals surface area (Å²) in [4.78, 5) is 69.6. The number of nitrogens with zero attached hydrogens (tertiary/aromatic N) is 2. The Morgan fingerprint density at radius 2 is 1.64 bits per heavy atom. The van der Waals surface area contributed by atoms with E-state index in [1.165, 1.54) is 42.9 Å². The molecule has 236 valence electrons. The number of halogens is 6. The molecule has 3 rings (SSSR count). The molecule has 44 heavy (non-hydrogen) atoms. The topological polar surface area (TPSA) is 161 Å². The lowest BCUT2D eigenvalue weighted by Crippen LogP contribution is -2.53. The molecule has 18 heteroatoms. The Morgan fingerprint density at radius 3 is 2.18 bits per heavy atom. The third kappa shape index (κ3) is 8.23. The molecule has 0 spiro atoms. The Kier molecular flexibility index (Phi) is 10.2. The van der Waals surface area contributed by atoms with Crippen molar-refractivity contribution in [3.63, 3.8) is 0 Å². The van der Waals surface area contributed by atoms with E-state index in [9.17, 15) is 50.3 Å². The molecule has 0 aliphatic heterocycles. The second kappa shape index (κ2) is 13.4. The quantitative estimate of drug-likeness (QED) is 0.225. The minimum Gasteiger partial charge on any atom is -0.443 e. The van der Waals surface area contributed by atoms with Crippen LogP contribution in [0.3, 0.4) is 0 Å². The van der Waals surface area contributed by atoms with Gasteiger partial charge in [-0.2, -0.15) is 26.3 Å². The molecule has 0 saturated carbocycles. The van der Waals surface area contributed by atoms with Crippen LogP contribution in [0.5, 0.6) is 0 Å². The lowest BCUT2D eigenvalue weighted by atomic mass is 9.99. The molecule has 2 unspecified atom stereocenters. The molecule has 0 aliphatic rings. The lowest BCUT2D eigenvalue weighted by molar-refractivity contribution is -0.209. The van der Waals surface area contributed by atoms with Crippen LogP contribution in [0.4, 0.5) is 36.8 Å². The van der Waals surface area contributed by atoms with E-state index < -0.39 is 65.5 Å².